The average molecular weight is 271 g/mol. The summed E-state index contributed by atoms with van der Waals surface area (Å²) in [5.41, 5.74) is 3.97. The highest BCUT2D eigenvalue weighted by atomic mass is 16.4. The number of carbonyl (C=O) groups excluding carboxylic acids is 1. The van der Waals surface area contributed by atoms with E-state index in [0.29, 0.717) is 0 Å². The monoisotopic (exact) mass is 271 g/mol. The van der Waals surface area contributed by atoms with Gasteiger partial charge in [0.1, 0.15) is 17.6 Å². The van der Waals surface area contributed by atoms with Gasteiger partial charge in [0, 0.05) is 0 Å². The van der Waals surface area contributed by atoms with E-state index in [1.54, 1.807) is 0 Å². The smallest absolute Gasteiger partial charge is 0.335 e. The van der Waals surface area contributed by atoms with Gasteiger partial charge in [-0.3, -0.25) is 4.79 Å². The highest BCUT2D eigenvalue weighted by molar-refractivity contribution is 5.89. The lowest BCUT2D eigenvalue weighted by Crippen LogP contribution is -2.25. The van der Waals surface area contributed by atoms with Crippen LogP contribution >= 0.6 is 0 Å². The lowest BCUT2D eigenvalue weighted by Gasteiger charge is -2.19. The number of hydrogen-bond acceptors (Lipinski definition) is 6. The minimum absolute atomic E-state index is 0.393. The van der Waals surface area contributed by atoms with Gasteiger partial charge in [0.2, 0.25) is 5.91 Å². The maximum Gasteiger partial charge on any atom is 0.335 e. The Balaban J connectivity index is 3.13. The first kappa shape index (κ1) is 14.7. The minimum Gasteiger partial charge on any atom is -0.507 e. The third kappa shape index (κ3) is 3.33. The highest BCUT2D eigenvalue weighted by Gasteiger charge is 2.27. The summed E-state index contributed by atoms with van der Waals surface area (Å²) in [5.74, 6) is -3.70. The van der Waals surface area contributed by atoms with Crippen molar-refractivity contribution in [1.82, 2.24) is 0 Å². The summed E-state index contributed by atoms with van der Waals surface area (Å²) in [4.78, 5) is 21.3. The molecule has 2 atom stereocenters. The van der Waals surface area contributed by atoms with Gasteiger partial charge in [-0.1, -0.05) is 0 Å². The van der Waals surface area contributed by atoms with Crippen LogP contribution in [0.5, 0.6) is 11.5 Å². The number of phenolic OH excluding ortho intramolecular Hbond substituents is 2. The number of carbonyl (C=O) groups is 2. The molecule has 0 spiro atoms. The van der Waals surface area contributed by atoms with Crippen molar-refractivity contribution in [2.75, 3.05) is 0 Å². The molecule has 0 radical (unpaired) electrons. The molecule has 0 aliphatic heterocycles. The number of nitrogens with two attached hydrogens (primary N) is 1. The van der Waals surface area contributed by atoms with E-state index in [0.717, 1.165) is 12.1 Å². The first-order valence-electron chi connectivity index (χ1n) is 5.17. The molecule has 0 fully saturated rings. The Morgan fingerprint density at radius 2 is 1.63 bits per heavy atom. The van der Waals surface area contributed by atoms with Gasteiger partial charge in [-0.15, -0.1) is 0 Å². The molecular formula is C11H13NO7. The number of rotatable bonds is 5. The van der Waals surface area contributed by atoms with Gasteiger partial charge in [-0.2, -0.15) is 0 Å². The molecule has 19 heavy (non-hydrogen) atoms. The third-order valence-corrected chi connectivity index (χ3v) is 2.45. The van der Waals surface area contributed by atoms with E-state index in [2.05, 4.69) is 0 Å². The average Bonchev–Trinajstić information content (AvgIpc) is 2.26. The standard InChI is InChI=1S/C11H13NO7/c12-8(16)3-7(15)10(17)9-5(13)1-4(11(18)19)2-6(9)14/h1-2,7,10,13-15,17H,3H2,(H2,12,16)(H,18,19). The highest BCUT2D eigenvalue weighted by Crippen LogP contribution is 2.36. The van der Waals surface area contributed by atoms with Crippen LogP contribution in [0, 0.1) is 0 Å². The number of hydrogen-bond donors (Lipinski definition) is 6. The van der Waals surface area contributed by atoms with Crippen LogP contribution < -0.4 is 5.73 Å². The third-order valence-electron chi connectivity index (χ3n) is 2.45. The molecule has 0 bridgehead atoms. The fourth-order valence-electron chi connectivity index (χ4n) is 1.56. The van der Waals surface area contributed by atoms with Crippen molar-refractivity contribution < 1.29 is 35.1 Å². The summed E-state index contributed by atoms with van der Waals surface area (Å²) in [7, 11) is 0. The van der Waals surface area contributed by atoms with Crippen LogP contribution in [0.25, 0.3) is 0 Å². The maximum absolute atomic E-state index is 10.7. The molecule has 0 saturated carbocycles. The van der Waals surface area contributed by atoms with Crippen LogP contribution in [0.3, 0.4) is 0 Å². The Labute approximate surface area is 107 Å². The first-order valence-corrected chi connectivity index (χ1v) is 5.17. The van der Waals surface area contributed by atoms with Gasteiger partial charge in [0.15, 0.2) is 0 Å². The van der Waals surface area contributed by atoms with Gasteiger partial charge < -0.3 is 31.3 Å². The molecule has 1 amide bonds. The van der Waals surface area contributed by atoms with Crippen molar-refractivity contribution in [1.29, 1.82) is 0 Å². The molecule has 1 aromatic rings. The molecule has 0 aromatic heterocycles. The quantitative estimate of drug-likeness (QED) is 0.403. The molecular weight excluding hydrogens is 258 g/mol. The van der Waals surface area contributed by atoms with Gasteiger partial charge in [0.05, 0.1) is 23.7 Å². The summed E-state index contributed by atoms with van der Waals surface area (Å²) in [6, 6.07) is 1.61. The summed E-state index contributed by atoms with van der Waals surface area (Å²) in [6.45, 7) is 0. The maximum atomic E-state index is 10.7. The Bertz CT molecular complexity index is 491. The van der Waals surface area contributed by atoms with E-state index in [1.807, 2.05) is 0 Å². The second-order valence-corrected chi connectivity index (χ2v) is 3.92. The zero-order chi connectivity index (χ0) is 14.7. The molecule has 8 nitrogen and oxygen atoms in total. The predicted molar refractivity (Wildman–Crippen MR) is 61.5 cm³/mol. The summed E-state index contributed by atoms with van der Waals surface area (Å²) in [6.07, 6.45) is -4.00. The molecule has 0 saturated heterocycles. The van der Waals surface area contributed by atoms with E-state index < -0.39 is 53.1 Å². The van der Waals surface area contributed by atoms with Gasteiger partial charge >= 0.3 is 5.97 Å². The van der Waals surface area contributed by atoms with Gasteiger partial charge in [0.25, 0.3) is 0 Å². The largest absolute Gasteiger partial charge is 0.507 e. The molecule has 7 N–H and O–H groups in total. The number of carboxylic acids is 1. The van der Waals surface area contributed by atoms with Gasteiger partial charge in [-0.25, -0.2) is 4.79 Å². The zero-order valence-electron chi connectivity index (χ0n) is 9.65. The Morgan fingerprint density at radius 3 is 2.00 bits per heavy atom. The van der Waals surface area contributed by atoms with Gasteiger partial charge in [-0.05, 0) is 12.1 Å². The van der Waals surface area contributed by atoms with Crippen LogP contribution in [-0.2, 0) is 4.79 Å². The normalized spacial score (nSPS) is 13.8. The van der Waals surface area contributed by atoms with Crippen LogP contribution in [0.1, 0.15) is 28.4 Å². The second kappa shape index (κ2) is 5.55. The molecule has 0 aliphatic rings. The number of aliphatic hydroxyl groups is 2. The number of primary amides is 1. The SMILES string of the molecule is NC(=O)CC(O)C(O)c1c(O)cc(C(=O)O)cc1O. The Kier molecular flexibility index (Phi) is 4.30. The lowest BCUT2D eigenvalue weighted by atomic mass is 9.98. The number of aliphatic hydroxyl groups excluding tert-OH is 2. The zero-order valence-corrected chi connectivity index (χ0v) is 9.65. The molecule has 1 rings (SSSR count). The fourth-order valence-corrected chi connectivity index (χ4v) is 1.56. The minimum atomic E-state index is -1.78. The van der Waals surface area contributed by atoms with Crippen LogP contribution in [0.4, 0.5) is 0 Å². The Hall–Kier alpha value is -2.32. The summed E-state index contributed by atoms with van der Waals surface area (Å²) < 4.78 is 0. The lowest BCUT2D eigenvalue weighted by molar-refractivity contribution is -0.121. The van der Waals surface area contributed by atoms with Crippen molar-refractivity contribution in [3.8, 4) is 11.5 Å². The molecule has 104 valence electrons. The van der Waals surface area contributed by atoms with E-state index in [-0.39, 0.29) is 0 Å². The Morgan fingerprint density at radius 1 is 1.16 bits per heavy atom. The fraction of sp³-hybridized carbons (Fsp3) is 0.273. The number of benzene rings is 1. The number of aromatic carboxylic acids is 1. The van der Waals surface area contributed by atoms with Crippen LogP contribution in [0.2, 0.25) is 0 Å². The van der Waals surface area contributed by atoms with E-state index in [4.69, 9.17) is 10.8 Å². The van der Waals surface area contributed by atoms with Crippen molar-refractivity contribution >= 4 is 11.9 Å². The van der Waals surface area contributed by atoms with E-state index in [9.17, 15) is 30.0 Å². The van der Waals surface area contributed by atoms with E-state index in [1.165, 1.54) is 0 Å². The van der Waals surface area contributed by atoms with Crippen LogP contribution in [-0.4, -0.2) is 43.5 Å². The number of carboxylic acid groups (broad SMARTS) is 1. The summed E-state index contributed by atoms with van der Waals surface area (Å²) >= 11 is 0. The van der Waals surface area contributed by atoms with Crippen molar-refractivity contribution in [3.63, 3.8) is 0 Å². The first-order chi connectivity index (χ1) is 8.73. The van der Waals surface area contributed by atoms with Crippen molar-refractivity contribution in [3.05, 3.63) is 23.3 Å². The number of amides is 1. The number of aromatic hydroxyl groups is 2. The number of phenols is 2. The topological polar surface area (TPSA) is 161 Å². The molecule has 2 unspecified atom stereocenters. The predicted octanol–water partition coefficient (Wildman–Crippen LogP) is -0.934. The van der Waals surface area contributed by atoms with Crippen molar-refractivity contribution in [2.45, 2.75) is 18.6 Å². The molecule has 8 heteroatoms. The van der Waals surface area contributed by atoms with E-state index >= 15 is 0 Å². The van der Waals surface area contributed by atoms with Crippen molar-refractivity contribution in [2.24, 2.45) is 5.73 Å². The molecule has 0 heterocycles. The second-order valence-electron chi connectivity index (χ2n) is 3.92. The van der Waals surface area contributed by atoms with Crippen LogP contribution in [0.15, 0.2) is 12.1 Å². The summed E-state index contributed by atoms with van der Waals surface area (Å²) in [5, 5.41) is 47.0. The molecule has 1 aromatic carbocycles. The molecule has 0 aliphatic carbocycles.